The van der Waals surface area contributed by atoms with Crippen LogP contribution in [0.5, 0.6) is 5.88 Å². The highest BCUT2D eigenvalue weighted by atomic mass is 19.1. The molecule has 2 aromatic carbocycles. The molecule has 3 aromatic rings. The van der Waals surface area contributed by atoms with Crippen molar-refractivity contribution in [2.45, 2.75) is 32.4 Å². The van der Waals surface area contributed by atoms with Gasteiger partial charge in [0.2, 0.25) is 5.88 Å². The molecule has 194 valence electrons. The molecular formula is C29H32FN3O4. The topological polar surface area (TPSA) is 83.9 Å². The molecule has 1 fully saturated rings. The number of nitrogens with one attached hydrogen (secondary N) is 1. The number of anilines is 2. The number of carbonyl (C=O) groups is 1. The van der Waals surface area contributed by atoms with E-state index in [0.29, 0.717) is 48.7 Å². The van der Waals surface area contributed by atoms with E-state index in [1.54, 1.807) is 25.1 Å². The molecule has 0 radical (unpaired) electrons. The van der Waals surface area contributed by atoms with Crippen molar-refractivity contribution in [3.05, 3.63) is 70.8 Å². The second-order valence-electron chi connectivity index (χ2n) is 9.78. The minimum absolute atomic E-state index is 0.105. The van der Waals surface area contributed by atoms with Gasteiger partial charge in [-0.25, -0.2) is 4.39 Å². The minimum atomic E-state index is -1.33. The van der Waals surface area contributed by atoms with E-state index < -0.39 is 5.67 Å². The van der Waals surface area contributed by atoms with Gasteiger partial charge in [0.25, 0.3) is 5.91 Å². The van der Waals surface area contributed by atoms with Crippen molar-refractivity contribution >= 4 is 17.4 Å². The van der Waals surface area contributed by atoms with Gasteiger partial charge in [-0.05, 0) is 84.8 Å². The largest absolute Gasteiger partial charge is 0.475 e. The van der Waals surface area contributed by atoms with Gasteiger partial charge in [-0.1, -0.05) is 12.1 Å². The van der Waals surface area contributed by atoms with Crippen molar-refractivity contribution in [2.75, 3.05) is 49.7 Å². The van der Waals surface area contributed by atoms with Crippen molar-refractivity contribution in [2.24, 2.45) is 0 Å². The molecule has 37 heavy (non-hydrogen) atoms. The summed E-state index contributed by atoms with van der Waals surface area (Å²) in [5.41, 5.74) is 4.27. The molecule has 0 saturated carbocycles. The number of rotatable bonds is 7. The highest BCUT2D eigenvalue weighted by Crippen LogP contribution is 2.40. The van der Waals surface area contributed by atoms with Crippen LogP contribution in [0.3, 0.4) is 0 Å². The maximum Gasteiger partial charge on any atom is 0.255 e. The van der Waals surface area contributed by atoms with E-state index in [1.807, 2.05) is 37.3 Å². The molecule has 1 unspecified atom stereocenters. The van der Waals surface area contributed by atoms with Gasteiger partial charge in [0.15, 0.2) is 0 Å². The molecule has 1 saturated heterocycles. The number of alkyl halides is 1. The number of pyridine rings is 1. The smallest absolute Gasteiger partial charge is 0.255 e. The number of benzene rings is 2. The van der Waals surface area contributed by atoms with Crippen LogP contribution in [0.1, 0.15) is 40.4 Å². The molecule has 7 nitrogen and oxygen atoms in total. The summed E-state index contributed by atoms with van der Waals surface area (Å²) in [6.07, 6.45) is 1.07. The Hall–Kier alpha value is -3.49. The molecule has 0 spiro atoms. The normalized spacial score (nSPS) is 19.0. The molecule has 5 rings (SSSR count). The van der Waals surface area contributed by atoms with Crippen molar-refractivity contribution in [3.8, 4) is 17.0 Å². The molecule has 1 amide bonds. The highest BCUT2D eigenvalue weighted by molar-refractivity contribution is 6.04. The van der Waals surface area contributed by atoms with Crippen LogP contribution in [0.25, 0.3) is 11.1 Å². The first-order valence-electron chi connectivity index (χ1n) is 12.7. The predicted octanol–water partition coefficient (Wildman–Crippen LogP) is 4.65. The second-order valence-corrected chi connectivity index (χ2v) is 9.78. The molecule has 1 atom stereocenters. The van der Waals surface area contributed by atoms with Crippen molar-refractivity contribution in [3.63, 3.8) is 0 Å². The van der Waals surface area contributed by atoms with Crippen molar-refractivity contribution < 1.29 is 23.8 Å². The predicted molar refractivity (Wildman–Crippen MR) is 141 cm³/mol. The number of aliphatic hydroxyl groups is 1. The average molecular weight is 506 g/mol. The van der Waals surface area contributed by atoms with E-state index >= 15 is 0 Å². The lowest BCUT2D eigenvalue weighted by molar-refractivity contribution is 0.102. The number of hydrogen-bond donors (Lipinski definition) is 2. The fourth-order valence-corrected chi connectivity index (χ4v) is 4.99. The Balaban J connectivity index is 1.42. The fourth-order valence-electron chi connectivity index (χ4n) is 4.99. The first-order valence-corrected chi connectivity index (χ1v) is 12.7. The zero-order valence-electron chi connectivity index (χ0n) is 21.2. The van der Waals surface area contributed by atoms with Gasteiger partial charge < -0.3 is 24.8 Å². The van der Waals surface area contributed by atoms with E-state index in [9.17, 15) is 14.3 Å². The summed E-state index contributed by atoms with van der Waals surface area (Å²) in [4.78, 5) is 19.9. The van der Waals surface area contributed by atoms with E-state index in [4.69, 9.17) is 9.47 Å². The van der Waals surface area contributed by atoms with Gasteiger partial charge in [-0.15, -0.1) is 0 Å². The molecule has 8 heteroatoms. The van der Waals surface area contributed by atoms with Crippen LogP contribution >= 0.6 is 0 Å². The number of aryl methyl sites for hydroxylation is 2. The average Bonchev–Trinajstić information content (AvgIpc) is 3.22. The number of nitrogens with zero attached hydrogens (tertiary/aromatic N) is 2. The number of aliphatic hydroxyl groups excluding tert-OH is 1. The Kier molecular flexibility index (Phi) is 7.13. The first-order chi connectivity index (χ1) is 17.8. The fraction of sp³-hybridized carbons (Fsp3) is 0.379. The van der Waals surface area contributed by atoms with Gasteiger partial charge in [0, 0.05) is 30.4 Å². The third-order valence-electron chi connectivity index (χ3n) is 7.06. The molecule has 2 N–H and O–H groups in total. The summed E-state index contributed by atoms with van der Waals surface area (Å²) in [6, 6.07) is 14.9. The van der Waals surface area contributed by atoms with Crippen LogP contribution in [0.4, 0.5) is 15.9 Å². The Labute approximate surface area is 216 Å². The number of aromatic nitrogens is 1. The van der Waals surface area contributed by atoms with Crippen LogP contribution < -0.4 is 15.0 Å². The van der Waals surface area contributed by atoms with E-state index in [-0.39, 0.29) is 19.1 Å². The third-order valence-corrected chi connectivity index (χ3v) is 7.06. The van der Waals surface area contributed by atoms with Crippen molar-refractivity contribution in [1.82, 2.24) is 4.98 Å². The number of fused-ring (bicyclic) bond motifs is 1. The minimum Gasteiger partial charge on any atom is -0.475 e. The van der Waals surface area contributed by atoms with Gasteiger partial charge in [0.1, 0.15) is 18.1 Å². The summed E-state index contributed by atoms with van der Waals surface area (Å²) < 4.78 is 25.8. The lowest BCUT2D eigenvalue weighted by atomic mass is 9.98. The van der Waals surface area contributed by atoms with Gasteiger partial charge >= 0.3 is 0 Å². The Morgan fingerprint density at radius 3 is 2.78 bits per heavy atom. The molecule has 2 heterocycles. The zero-order chi connectivity index (χ0) is 26.0. The summed E-state index contributed by atoms with van der Waals surface area (Å²) in [5.74, 6) is 0.973. The van der Waals surface area contributed by atoms with Crippen LogP contribution in [0, 0.1) is 6.92 Å². The van der Waals surface area contributed by atoms with Crippen LogP contribution in [0.2, 0.25) is 0 Å². The highest BCUT2D eigenvalue weighted by Gasteiger charge is 2.34. The third kappa shape index (κ3) is 5.45. The lowest BCUT2D eigenvalue weighted by Crippen LogP contribution is -2.36. The second kappa shape index (κ2) is 10.5. The standard InChI is InChI=1S/C29H32FN3O4/c1-19-3-5-23(31-28(35)21-4-6-25-20(15-21)7-8-29(25,2)30)18-24(19)22-16-26(33-9-12-36-13-10-33)32-27(17-22)37-14-11-34/h3-6,15-18,34H,7-14H2,1-2H3,(H,31,35). The quantitative estimate of drug-likeness (QED) is 0.487. The molecular weight excluding hydrogens is 473 g/mol. The number of morpholine rings is 1. The zero-order valence-corrected chi connectivity index (χ0v) is 21.2. The number of hydrogen-bond acceptors (Lipinski definition) is 6. The van der Waals surface area contributed by atoms with Gasteiger partial charge in [-0.2, -0.15) is 4.98 Å². The maximum atomic E-state index is 14.6. The summed E-state index contributed by atoms with van der Waals surface area (Å²) >= 11 is 0. The monoisotopic (exact) mass is 505 g/mol. The van der Waals surface area contributed by atoms with Gasteiger partial charge in [-0.3, -0.25) is 4.79 Å². The van der Waals surface area contributed by atoms with Crippen LogP contribution in [-0.2, 0) is 16.8 Å². The summed E-state index contributed by atoms with van der Waals surface area (Å²) in [6.45, 7) is 6.37. The lowest BCUT2D eigenvalue weighted by Gasteiger charge is -2.28. The molecule has 2 aliphatic rings. The number of amides is 1. The van der Waals surface area contributed by atoms with E-state index in [2.05, 4.69) is 15.2 Å². The summed E-state index contributed by atoms with van der Waals surface area (Å²) in [7, 11) is 0. The molecule has 1 aromatic heterocycles. The molecule has 1 aliphatic heterocycles. The maximum absolute atomic E-state index is 14.6. The van der Waals surface area contributed by atoms with Gasteiger partial charge in [0.05, 0.1) is 19.8 Å². The molecule has 0 bridgehead atoms. The number of halogens is 1. The Morgan fingerprint density at radius 2 is 2.00 bits per heavy atom. The SMILES string of the molecule is Cc1ccc(NC(=O)c2ccc3c(c2)CCC3(C)F)cc1-c1cc(OCCO)nc(N2CCOCC2)c1. The Bertz CT molecular complexity index is 1300. The first kappa shape index (κ1) is 25.2. The van der Waals surface area contributed by atoms with Crippen LogP contribution in [-0.4, -0.2) is 55.5 Å². The Morgan fingerprint density at radius 1 is 1.19 bits per heavy atom. The van der Waals surface area contributed by atoms with Crippen molar-refractivity contribution in [1.29, 1.82) is 0 Å². The van der Waals surface area contributed by atoms with E-state index in [0.717, 1.165) is 41.2 Å². The molecule has 1 aliphatic carbocycles. The number of carbonyl (C=O) groups excluding carboxylic acids is 1. The van der Waals surface area contributed by atoms with E-state index in [1.165, 1.54) is 0 Å². The van der Waals surface area contributed by atoms with Crippen LogP contribution in [0.15, 0.2) is 48.5 Å². The summed E-state index contributed by atoms with van der Waals surface area (Å²) in [5, 5.41) is 12.2. The number of ether oxygens (including phenoxy) is 2.